The Hall–Kier alpha value is -2.84. The van der Waals surface area contributed by atoms with Crippen LogP contribution in [0.2, 0.25) is 0 Å². The first-order valence-electron chi connectivity index (χ1n) is 9.43. The van der Waals surface area contributed by atoms with E-state index in [0.717, 1.165) is 12.1 Å². The number of hydrogen-bond acceptors (Lipinski definition) is 6. The van der Waals surface area contributed by atoms with E-state index < -0.39 is 30.0 Å². The number of hydrogen-bond donors (Lipinski definition) is 5. The van der Waals surface area contributed by atoms with Crippen molar-refractivity contribution in [3.8, 4) is 0 Å². The summed E-state index contributed by atoms with van der Waals surface area (Å²) in [7, 11) is -7.75. The van der Waals surface area contributed by atoms with Crippen LogP contribution < -0.4 is 16.0 Å². The van der Waals surface area contributed by atoms with Gasteiger partial charge in [-0.2, -0.15) is 16.8 Å². The van der Waals surface area contributed by atoms with E-state index in [-0.39, 0.29) is 33.8 Å². The van der Waals surface area contributed by atoms with Crippen LogP contribution in [0.15, 0.2) is 46.2 Å². The molecule has 10 nitrogen and oxygen atoms in total. The van der Waals surface area contributed by atoms with Gasteiger partial charge in [-0.3, -0.25) is 13.9 Å². The first kappa shape index (κ1) is 26.4. The fourth-order valence-electron chi connectivity index (χ4n) is 2.61. The molecule has 2 rings (SSSR count). The molecule has 0 bridgehead atoms. The van der Waals surface area contributed by atoms with Crippen LogP contribution in [-0.4, -0.2) is 44.0 Å². The molecule has 0 saturated heterocycles. The highest BCUT2D eigenvalue weighted by Crippen LogP contribution is 2.26. The molecule has 2 aromatic rings. The van der Waals surface area contributed by atoms with Gasteiger partial charge in [0.05, 0.1) is 0 Å². The maximum absolute atomic E-state index is 11.9. The minimum Gasteiger partial charge on any atom is -0.366 e. The molecule has 0 fully saturated rings. The van der Waals surface area contributed by atoms with Crippen LogP contribution >= 0.6 is 12.2 Å². The molecule has 0 heterocycles. The maximum Gasteiger partial charge on any atom is 0.295 e. The zero-order chi connectivity index (χ0) is 25.0. The van der Waals surface area contributed by atoms with Crippen molar-refractivity contribution in [1.82, 2.24) is 5.32 Å². The van der Waals surface area contributed by atoms with Gasteiger partial charge in [0.25, 0.3) is 20.2 Å². The second-order valence-corrected chi connectivity index (χ2v) is 10.3. The third kappa shape index (κ3) is 7.33. The van der Waals surface area contributed by atoms with Gasteiger partial charge >= 0.3 is 0 Å². The largest absolute Gasteiger partial charge is 0.366 e. The molecule has 2 aromatic carbocycles. The van der Waals surface area contributed by atoms with Gasteiger partial charge in [0, 0.05) is 24.3 Å². The zero-order valence-corrected chi connectivity index (χ0v) is 20.3. The average Bonchev–Trinajstić information content (AvgIpc) is 2.71. The highest BCUT2D eigenvalue weighted by Gasteiger charge is 2.18. The molecular formula is C20H23N3O7S3. The molecule has 0 aliphatic carbocycles. The molecule has 1 amide bonds. The molecule has 33 heavy (non-hydrogen) atoms. The molecule has 0 spiro atoms. The lowest BCUT2D eigenvalue weighted by Gasteiger charge is -2.11. The van der Waals surface area contributed by atoms with Crippen molar-refractivity contribution < 1.29 is 30.7 Å². The van der Waals surface area contributed by atoms with Gasteiger partial charge in [-0.05, 0) is 47.6 Å². The Morgan fingerprint density at radius 1 is 0.879 bits per heavy atom. The van der Waals surface area contributed by atoms with Crippen molar-refractivity contribution in [2.75, 3.05) is 17.7 Å². The Labute approximate surface area is 197 Å². The van der Waals surface area contributed by atoms with Crippen molar-refractivity contribution in [2.45, 2.75) is 23.6 Å². The Kier molecular flexibility index (Phi) is 8.32. The van der Waals surface area contributed by atoms with Crippen LogP contribution in [-0.2, 0) is 25.0 Å². The fraction of sp³-hybridized carbons (Fsp3) is 0.200. The van der Waals surface area contributed by atoms with E-state index >= 15 is 0 Å². The van der Waals surface area contributed by atoms with Crippen LogP contribution in [0.3, 0.4) is 0 Å². The number of anilines is 2. The summed E-state index contributed by atoms with van der Waals surface area (Å²) in [4.78, 5) is 10.9. The fourth-order valence-corrected chi connectivity index (χ4v) is 4.14. The van der Waals surface area contributed by atoms with Crippen LogP contribution in [0, 0.1) is 5.92 Å². The lowest BCUT2D eigenvalue weighted by atomic mass is 10.1. The highest BCUT2D eigenvalue weighted by atomic mass is 32.2. The predicted molar refractivity (Wildman–Crippen MR) is 130 cm³/mol. The average molecular weight is 514 g/mol. The number of benzene rings is 2. The van der Waals surface area contributed by atoms with E-state index in [2.05, 4.69) is 16.0 Å². The van der Waals surface area contributed by atoms with E-state index in [1.54, 1.807) is 20.9 Å². The minimum absolute atomic E-state index is 0.0277. The quantitative estimate of drug-likeness (QED) is 0.211. The van der Waals surface area contributed by atoms with E-state index in [4.69, 9.17) is 12.2 Å². The molecule has 178 valence electrons. The van der Waals surface area contributed by atoms with Gasteiger partial charge in [-0.1, -0.05) is 38.1 Å². The smallest absolute Gasteiger partial charge is 0.295 e. The Morgan fingerprint density at radius 2 is 1.30 bits per heavy atom. The van der Waals surface area contributed by atoms with Crippen LogP contribution in [0.1, 0.15) is 25.0 Å². The molecule has 0 atom stereocenters. The van der Waals surface area contributed by atoms with E-state index in [0.29, 0.717) is 5.69 Å². The Morgan fingerprint density at radius 3 is 1.67 bits per heavy atom. The van der Waals surface area contributed by atoms with Gasteiger partial charge in [-0.15, -0.1) is 0 Å². The Bertz CT molecular complexity index is 1320. The lowest BCUT2D eigenvalue weighted by molar-refractivity contribution is -0.118. The molecule has 0 unspecified atom stereocenters. The van der Waals surface area contributed by atoms with Crippen molar-refractivity contribution in [2.24, 2.45) is 5.92 Å². The number of thiocarbonyl (C=S) groups is 1. The van der Waals surface area contributed by atoms with E-state index in [9.17, 15) is 30.7 Å². The topological polar surface area (TPSA) is 162 Å². The third-order valence-electron chi connectivity index (χ3n) is 4.30. The van der Waals surface area contributed by atoms with Crippen molar-refractivity contribution in [1.29, 1.82) is 0 Å². The molecule has 13 heteroatoms. The standard InChI is InChI=1S/C20H23N3O7S3/c1-12(2)19(24)22-15-8-6-13(17(10-15)32(25,26)27)4-5-14-7-9-16(23-20(31)21-3)11-18(14)33(28,29)30/h4-12H,1-3H3,(H,22,24)(H2,21,23,31)(H,25,26,27)(H,28,29,30)/b5-4+. The van der Waals surface area contributed by atoms with Crippen molar-refractivity contribution in [3.05, 3.63) is 47.5 Å². The van der Waals surface area contributed by atoms with Crippen LogP contribution in [0.5, 0.6) is 0 Å². The summed E-state index contributed by atoms with van der Waals surface area (Å²) in [5.74, 6) is -0.693. The normalized spacial score (nSPS) is 12.1. The van der Waals surface area contributed by atoms with Crippen molar-refractivity contribution >= 4 is 67.0 Å². The SMILES string of the molecule is CNC(=S)Nc1ccc(/C=C/c2ccc(NC(=O)C(C)C)cc2S(=O)(=O)O)c(S(=O)(=O)O)c1. The number of carbonyl (C=O) groups excluding carboxylic acids is 1. The van der Waals surface area contributed by atoms with E-state index in [1.807, 2.05) is 0 Å². The number of carbonyl (C=O) groups is 1. The van der Waals surface area contributed by atoms with Gasteiger partial charge < -0.3 is 16.0 Å². The molecule has 0 radical (unpaired) electrons. The maximum atomic E-state index is 11.9. The minimum atomic E-state index is -4.68. The highest BCUT2D eigenvalue weighted by molar-refractivity contribution is 7.86. The molecule has 0 aromatic heterocycles. The number of nitrogens with one attached hydrogen (secondary N) is 3. The number of amides is 1. The van der Waals surface area contributed by atoms with Gasteiger partial charge in [0.2, 0.25) is 5.91 Å². The van der Waals surface area contributed by atoms with Crippen molar-refractivity contribution in [3.63, 3.8) is 0 Å². The molecular weight excluding hydrogens is 490 g/mol. The van der Waals surface area contributed by atoms with Crippen LogP contribution in [0.4, 0.5) is 11.4 Å². The Balaban J connectivity index is 2.51. The first-order chi connectivity index (χ1) is 15.2. The van der Waals surface area contributed by atoms with Gasteiger partial charge in [-0.25, -0.2) is 0 Å². The zero-order valence-electron chi connectivity index (χ0n) is 17.9. The first-order valence-corrected chi connectivity index (χ1v) is 12.7. The summed E-state index contributed by atoms with van der Waals surface area (Å²) in [5, 5.41) is 8.16. The molecule has 5 N–H and O–H groups in total. The predicted octanol–water partition coefficient (Wildman–Crippen LogP) is 2.86. The molecule has 0 saturated carbocycles. The number of rotatable bonds is 7. The summed E-state index contributed by atoms with van der Waals surface area (Å²) >= 11 is 4.97. The van der Waals surface area contributed by atoms with Crippen LogP contribution in [0.25, 0.3) is 12.2 Å². The second kappa shape index (κ2) is 10.4. The summed E-state index contributed by atoms with van der Waals surface area (Å²) in [5.41, 5.74) is 0.535. The van der Waals surface area contributed by atoms with Gasteiger partial charge in [0.1, 0.15) is 9.79 Å². The summed E-state index contributed by atoms with van der Waals surface area (Å²) < 4.78 is 66.8. The van der Waals surface area contributed by atoms with Gasteiger partial charge in [0.15, 0.2) is 5.11 Å². The molecule has 0 aliphatic rings. The summed E-state index contributed by atoms with van der Waals surface area (Å²) in [6.45, 7) is 3.33. The summed E-state index contributed by atoms with van der Waals surface area (Å²) in [6, 6.07) is 7.91. The van der Waals surface area contributed by atoms with E-state index in [1.165, 1.54) is 36.4 Å². The summed E-state index contributed by atoms with van der Waals surface area (Å²) in [6.07, 6.45) is 2.52. The second-order valence-electron chi connectivity index (χ2n) is 7.14. The third-order valence-corrected chi connectivity index (χ3v) is 6.43. The monoisotopic (exact) mass is 513 g/mol. The molecule has 0 aliphatic heterocycles. The lowest BCUT2D eigenvalue weighted by Crippen LogP contribution is -2.24.